The third kappa shape index (κ3) is 38.0. The minimum absolute atomic E-state index is 0.0449. The number of carbonyl (C=O) groups excluding carboxylic acids is 3. The fourth-order valence-corrected chi connectivity index (χ4v) is 7.66. The Morgan fingerprint density at radius 3 is 0.982 bits per heavy atom. The standard InChI is InChI=1S/C50H96O6/c1-5-9-13-17-21-23-25-32-38-44-54-49(52)47(50(53)55-45-39-33-26-24-22-18-14-10-6-2)42-36-30-27-31-37-43-48(51)56-46(40-34-28-19-15-11-7-3)41-35-29-20-16-12-8-4/h46-47H,5-45H2,1-4H3. The third-order valence-corrected chi connectivity index (χ3v) is 11.5. The summed E-state index contributed by atoms with van der Waals surface area (Å²) in [5.74, 6) is -1.71. The van der Waals surface area contributed by atoms with Gasteiger partial charge in [-0.25, -0.2) is 0 Å². The van der Waals surface area contributed by atoms with E-state index in [0.29, 0.717) is 26.1 Å². The van der Waals surface area contributed by atoms with Gasteiger partial charge in [-0.1, -0.05) is 220 Å². The van der Waals surface area contributed by atoms with Gasteiger partial charge in [-0.3, -0.25) is 14.4 Å². The summed E-state index contributed by atoms with van der Waals surface area (Å²) in [6.07, 6.45) is 44.3. The topological polar surface area (TPSA) is 78.9 Å². The molecule has 0 aromatic carbocycles. The highest BCUT2D eigenvalue weighted by Gasteiger charge is 2.29. The van der Waals surface area contributed by atoms with E-state index >= 15 is 0 Å². The molecular formula is C50H96O6. The molecule has 0 aliphatic rings. The molecule has 0 bridgehead atoms. The second-order valence-electron chi connectivity index (χ2n) is 17.1. The van der Waals surface area contributed by atoms with Crippen LogP contribution in [0.4, 0.5) is 0 Å². The lowest BCUT2D eigenvalue weighted by molar-refractivity contribution is -0.162. The van der Waals surface area contributed by atoms with Gasteiger partial charge in [-0.05, 0) is 51.4 Å². The monoisotopic (exact) mass is 793 g/mol. The van der Waals surface area contributed by atoms with E-state index in [1.54, 1.807) is 0 Å². The van der Waals surface area contributed by atoms with Gasteiger partial charge in [0.15, 0.2) is 5.92 Å². The molecule has 0 heterocycles. The van der Waals surface area contributed by atoms with Gasteiger partial charge < -0.3 is 14.2 Å². The van der Waals surface area contributed by atoms with Gasteiger partial charge in [0, 0.05) is 6.42 Å². The molecule has 0 radical (unpaired) electrons. The Hall–Kier alpha value is -1.59. The Morgan fingerprint density at radius 2 is 0.625 bits per heavy atom. The molecule has 332 valence electrons. The largest absolute Gasteiger partial charge is 0.465 e. The summed E-state index contributed by atoms with van der Waals surface area (Å²) in [4.78, 5) is 39.0. The molecule has 0 rings (SSSR count). The maximum atomic E-state index is 13.1. The van der Waals surface area contributed by atoms with Crippen LogP contribution in [0.5, 0.6) is 0 Å². The van der Waals surface area contributed by atoms with Gasteiger partial charge in [-0.2, -0.15) is 0 Å². The summed E-state index contributed by atoms with van der Waals surface area (Å²) < 4.78 is 17.3. The molecule has 0 unspecified atom stereocenters. The van der Waals surface area contributed by atoms with E-state index in [9.17, 15) is 14.4 Å². The van der Waals surface area contributed by atoms with E-state index in [4.69, 9.17) is 14.2 Å². The SMILES string of the molecule is CCCCCCCCCCCOC(=O)C(CCCCCCCC(=O)OC(CCCCCCCC)CCCCCCCC)C(=O)OCCCCCCCCCCC. The molecular weight excluding hydrogens is 697 g/mol. The summed E-state index contributed by atoms with van der Waals surface area (Å²) in [7, 11) is 0. The van der Waals surface area contributed by atoms with Crippen LogP contribution >= 0.6 is 0 Å². The van der Waals surface area contributed by atoms with Crippen molar-refractivity contribution in [3.8, 4) is 0 Å². The van der Waals surface area contributed by atoms with Crippen molar-refractivity contribution in [3.63, 3.8) is 0 Å². The van der Waals surface area contributed by atoms with E-state index in [1.807, 2.05) is 0 Å². The zero-order chi connectivity index (χ0) is 41.0. The zero-order valence-electron chi connectivity index (χ0n) is 38.1. The molecule has 0 spiro atoms. The lowest BCUT2D eigenvalue weighted by Gasteiger charge is -2.18. The maximum absolute atomic E-state index is 13.1. The highest BCUT2D eigenvalue weighted by atomic mass is 16.6. The van der Waals surface area contributed by atoms with Crippen LogP contribution in [0.3, 0.4) is 0 Å². The molecule has 0 amide bonds. The maximum Gasteiger partial charge on any atom is 0.320 e. The highest BCUT2D eigenvalue weighted by Crippen LogP contribution is 2.20. The summed E-state index contributed by atoms with van der Waals surface area (Å²) in [5, 5.41) is 0. The van der Waals surface area contributed by atoms with Crippen molar-refractivity contribution < 1.29 is 28.6 Å². The van der Waals surface area contributed by atoms with Crippen LogP contribution in [0.1, 0.15) is 278 Å². The molecule has 0 aromatic rings. The Kier molecular flexibility index (Phi) is 43.2. The molecule has 56 heavy (non-hydrogen) atoms. The molecule has 6 nitrogen and oxygen atoms in total. The first kappa shape index (κ1) is 54.4. The molecule has 0 atom stereocenters. The predicted octanol–water partition coefficient (Wildman–Crippen LogP) is 15.9. The first-order valence-electron chi connectivity index (χ1n) is 25.0. The fraction of sp³-hybridized carbons (Fsp3) is 0.940. The predicted molar refractivity (Wildman–Crippen MR) is 238 cm³/mol. The number of hydrogen-bond acceptors (Lipinski definition) is 6. The van der Waals surface area contributed by atoms with E-state index in [2.05, 4.69) is 27.7 Å². The number of carbonyl (C=O) groups is 3. The average Bonchev–Trinajstić information content (AvgIpc) is 3.19. The fourth-order valence-electron chi connectivity index (χ4n) is 7.66. The Morgan fingerprint density at radius 1 is 0.339 bits per heavy atom. The second kappa shape index (κ2) is 44.5. The smallest absolute Gasteiger partial charge is 0.320 e. The van der Waals surface area contributed by atoms with E-state index in [1.165, 1.54) is 154 Å². The quantitative estimate of drug-likeness (QED) is 0.0264. The van der Waals surface area contributed by atoms with Crippen molar-refractivity contribution in [2.45, 2.75) is 284 Å². The van der Waals surface area contributed by atoms with Crippen molar-refractivity contribution in [2.24, 2.45) is 5.92 Å². The minimum atomic E-state index is -0.836. The lowest BCUT2D eigenvalue weighted by atomic mass is 10.00. The lowest BCUT2D eigenvalue weighted by Crippen LogP contribution is -2.28. The second-order valence-corrected chi connectivity index (χ2v) is 17.1. The Bertz CT molecular complexity index is 791. The van der Waals surface area contributed by atoms with Gasteiger partial charge in [-0.15, -0.1) is 0 Å². The van der Waals surface area contributed by atoms with E-state index in [-0.39, 0.29) is 12.1 Å². The van der Waals surface area contributed by atoms with Crippen molar-refractivity contribution in [2.75, 3.05) is 13.2 Å². The van der Waals surface area contributed by atoms with Gasteiger partial charge in [0.05, 0.1) is 13.2 Å². The molecule has 6 heteroatoms. The summed E-state index contributed by atoms with van der Waals surface area (Å²) in [6.45, 7) is 9.76. The third-order valence-electron chi connectivity index (χ3n) is 11.5. The van der Waals surface area contributed by atoms with Crippen molar-refractivity contribution in [1.82, 2.24) is 0 Å². The van der Waals surface area contributed by atoms with Crippen LogP contribution in [0.2, 0.25) is 0 Å². The Balaban J connectivity index is 4.61. The van der Waals surface area contributed by atoms with E-state index in [0.717, 1.165) is 83.5 Å². The molecule has 0 saturated heterocycles. The van der Waals surface area contributed by atoms with Crippen molar-refractivity contribution in [3.05, 3.63) is 0 Å². The first-order chi connectivity index (χ1) is 27.5. The Labute approximate surface area is 348 Å². The van der Waals surface area contributed by atoms with Crippen LogP contribution in [-0.2, 0) is 28.6 Å². The van der Waals surface area contributed by atoms with Crippen LogP contribution < -0.4 is 0 Å². The molecule has 0 aliphatic carbocycles. The zero-order valence-corrected chi connectivity index (χ0v) is 38.1. The molecule has 0 saturated carbocycles. The van der Waals surface area contributed by atoms with Gasteiger partial charge in [0.2, 0.25) is 0 Å². The van der Waals surface area contributed by atoms with Crippen molar-refractivity contribution >= 4 is 17.9 Å². The number of unbranched alkanes of at least 4 members (excludes halogenated alkanes) is 30. The van der Waals surface area contributed by atoms with Gasteiger partial charge >= 0.3 is 17.9 Å². The normalized spacial score (nSPS) is 11.5. The molecule has 0 N–H and O–H groups in total. The highest BCUT2D eigenvalue weighted by molar-refractivity contribution is 5.94. The number of esters is 3. The van der Waals surface area contributed by atoms with Crippen LogP contribution in [0, 0.1) is 5.92 Å². The number of ether oxygens (including phenoxy) is 3. The molecule has 0 aromatic heterocycles. The van der Waals surface area contributed by atoms with E-state index < -0.39 is 17.9 Å². The van der Waals surface area contributed by atoms with Gasteiger partial charge in [0.1, 0.15) is 6.10 Å². The molecule has 0 fully saturated rings. The number of hydrogen-bond donors (Lipinski definition) is 0. The first-order valence-corrected chi connectivity index (χ1v) is 25.0. The minimum Gasteiger partial charge on any atom is -0.465 e. The summed E-state index contributed by atoms with van der Waals surface area (Å²) in [5.41, 5.74) is 0. The average molecular weight is 793 g/mol. The van der Waals surface area contributed by atoms with Crippen LogP contribution in [-0.4, -0.2) is 37.2 Å². The van der Waals surface area contributed by atoms with Crippen LogP contribution in [0.25, 0.3) is 0 Å². The van der Waals surface area contributed by atoms with Crippen LogP contribution in [0.15, 0.2) is 0 Å². The number of rotatable bonds is 45. The van der Waals surface area contributed by atoms with Gasteiger partial charge in [0.25, 0.3) is 0 Å². The summed E-state index contributed by atoms with van der Waals surface area (Å²) >= 11 is 0. The molecule has 0 aliphatic heterocycles. The van der Waals surface area contributed by atoms with Crippen molar-refractivity contribution in [1.29, 1.82) is 0 Å². The summed E-state index contributed by atoms with van der Waals surface area (Å²) in [6, 6.07) is 0.